The number of carbonyl (C=O) groups is 2. The monoisotopic (exact) mass is 289 g/mol. The molecule has 0 radical (unpaired) electrons. The van der Waals surface area contributed by atoms with Gasteiger partial charge in [-0.3, -0.25) is 9.59 Å². The Kier molecular flexibility index (Phi) is 6.07. The number of carbonyl (C=O) groups excluding carboxylic acids is 2. The van der Waals surface area contributed by atoms with Crippen LogP contribution in [0.2, 0.25) is 0 Å². The molecule has 6 heteroatoms. The van der Waals surface area contributed by atoms with Crippen LogP contribution in [0.4, 0.5) is 0 Å². The lowest BCUT2D eigenvalue weighted by atomic mass is 9.99. The van der Waals surface area contributed by atoms with Crippen molar-refractivity contribution in [1.29, 1.82) is 0 Å². The second-order valence-electron chi connectivity index (χ2n) is 5.42. The molecule has 2 aliphatic rings. The Morgan fingerprint density at radius 3 is 2.58 bits per heavy atom. The van der Waals surface area contributed by atoms with E-state index >= 15 is 0 Å². The highest BCUT2D eigenvalue weighted by Crippen LogP contribution is 2.29. The van der Waals surface area contributed by atoms with E-state index in [1.165, 1.54) is 0 Å². The number of nitrogens with two attached hydrogens (primary N) is 1. The predicted molar refractivity (Wildman–Crippen MR) is 76.0 cm³/mol. The van der Waals surface area contributed by atoms with Gasteiger partial charge in [0.1, 0.15) is 6.04 Å². The van der Waals surface area contributed by atoms with Gasteiger partial charge in [0.05, 0.1) is 0 Å². The summed E-state index contributed by atoms with van der Waals surface area (Å²) in [6, 6.07) is -0.102. The van der Waals surface area contributed by atoms with Crippen LogP contribution < -0.4 is 11.1 Å². The number of halogens is 1. The van der Waals surface area contributed by atoms with Crippen molar-refractivity contribution in [2.45, 2.75) is 50.6 Å². The highest BCUT2D eigenvalue weighted by Gasteiger charge is 2.35. The van der Waals surface area contributed by atoms with Crippen LogP contribution in [-0.4, -0.2) is 42.4 Å². The lowest BCUT2D eigenvalue weighted by Crippen LogP contribution is -2.45. The van der Waals surface area contributed by atoms with Gasteiger partial charge in [-0.05, 0) is 31.6 Å². The van der Waals surface area contributed by atoms with Crippen LogP contribution in [0, 0.1) is 5.92 Å². The summed E-state index contributed by atoms with van der Waals surface area (Å²) in [6.07, 6.45) is 5.40. The van der Waals surface area contributed by atoms with Crippen molar-refractivity contribution in [3.8, 4) is 0 Å². The van der Waals surface area contributed by atoms with Crippen molar-refractivity contribution in [2.75, 3.05) is 13.6 Å². The molecule has 0 aromatic carbocycles. The van der Waals surface area contributed by atoms with Crippen LogP contribution in [0.25, 0.3) is 0 Å². The Bertz CT molecular complexity index is 338. The van der Waals surface area contributed by atoms with Crippen molar-refractivity contribution in [3.63, 3.8) is 0 Å². The highest BCUT2D eigenvalue weighted by atomic mass is 35.5. The summed E-state index contributed by atoms with van der Waals surface area (Å²) in [5.74, 6) is 0.364. The molecule has 1 saturated heterocycles. The molecular formula is C13H24ClN3O2. The van der Waals surface area contributed by atoms with Gasteiger partial charge in [0.25, 0.3) is 0 Å². The lowest BCUT2D eigenvalue weighted by molar-refractivity contribution is -0.139. The summed E-state index contributed by atoms with van der Waals surface area (Å²) in [5, 5.41) is 2.64. The molecule has 1 heterocycles. The van der Waals surface area contributed by atoms with E-state index in [1.54, 1.807) is 11.9 Å². The average Bonchev–Trinajstić information content (AvgIpc) is 2.98. The third-order valence-electron chi connectivity index (χ3n) is 4.28. The summed E-state index contributed by atoms with van der Waals surface area (Å²) in [5.41, 5.74) is 6.00. The zero-order valence-electron chi connectivity index (χ0n) is 11.4. The summed E-state index contributed by atoms with van der Waals surface area (Å²) in [4.78, 5) is 25.7. The van der Waals surface area contributed by atoms with Crippen molar-refractivity contribution < 1.29 is 9.59 Å². The molecule has 3 atom stereocenters. The van der Waals surface area contributed by atoms with Crippen molar-refractivity contribution in [2.24, 2.45) is 11.7 Å². The Hall–Kier alpha value is -0.810. The van der Waals surface area contributed by atoms with E-state index in [-0.39, 0.29) is 36.3 Å². The molecule has 19 heavy (non-hydrogen) atoms. The van der Waals surface area contributed by atoms with Crippen molar-refractivity contribution in [3.05, 3.63) is 0 Å². The average molecular weight is 290 g/mol. The maximum atomic E-state index is 12.3. The van der Waals surface area contributed by atoms with Crippen LogP contribution in [0.1, 0.15) is 38.5 Å². The SMILES string of the molecule is CNC(=O)C1CCCN1C(=O)C[C@@H]1CCC[C@H]1N.Cl. The third-order valence-corrected chi connectivity index (χ3v) is 4.28. The maximum absolute atomic E-state index is 12.3. The fourth-order valence-electron chi connectivity index (χ4n) is 3.16. The standard InChI is InChI=1S/C13H23N3O2.ClH/c1-15-13(18)11-6-3-7-16(11)12(17)8-9-4-2-5-10(9)14;/h9-11H,2-8,14H2,1H3,(H,15,18);1H/t9-,10+,11?;/m0./s1. The minimum Gasteiger partial charge on any atom is -0.357 e. The van der Waals surface area contributed by atoms with Crippen molar-refractivity contribution in [1.82, 2.24) is 10.2 Å². The molecule has 2 rings (SSSR count). The zero-order chi connectivity index (χ0) is 13.1. The fraction of sp³-hybridized carbons (Fsp3) is 0.846. The molecule has 0 spiro atoms. The van der Waals surface area contributed by atoms with E-state index in [1.807, 2.05) is 0 Å². The zero-order valence-corrected chi connectivity index (χ0v) is 12.2. The van der Waals surface area contributed by atoms with Gasteiger partial charge in [-0.2, -0.15) is 0 Å². The molecule has 1 unspecified atom stereocenters. The Morgan fingerprint density at radius 1 is 1.26 bits per heavy atom. The van der Waals surface area contributed by atoms with Gasteiger partial charge in [0, 0.05) is 26.1 Å². The van der Waals surface area contributed by atoms with Crippen LogP contribution in [0.5, 0.6) is 0 Å². The van der Waals surface area contributed by atoms with Crippen LogP contribution in [0.15, 0.2) is 0 Å². The van der Waals surface area contributed by atoms with Gasteiger partial charge in [-0.1, -0.05) is 6.42 Å². The normalized spacial score (nSPS) is 30.0. The Morgan fingerprint density at radius 2 is 2.00 bits per heavy atom. The number of likely N-dealkylation sites (N-methyl/N-ethyl adjacent to an activating group) is 1. The Labute approximate surface area is 120 Å². The lowest BCUT2D eigenvalue weighted by Gasteiger charge is -2.25. The van der Waals surface area contributed by atoms with E-state index in [0.29, 0.717) is 18.9 Å². The summed E-state index contributed by atoms with van der Waals surface area (Å²) in [6.45, 7) is 0.707. The first kappa shape index (κ1) is 16.2. The molecule has 0 aromatic heterocycles. The van der Waals surface area contributed by atoms with E-state index in [4.69, 9.17) is 5.73 Å². The number of hydrogen-bond donors (Lipinski definition) is 2. The van der Waals surface area contributed by atoms with Gasteiger partial charge < -0.3 is 16.0 Å². The number of hydrogen-bond acceptors (Lipinski definition) is 3. The van der Waals surface area contributed by atoms with Crippen LogP contribution >= 0.6 is 12.4 Å². The summed E-state index contributed by atoms with van der Waals surface area (Å²) in [7, 11) is 1.62. The van der Waals surface area contributed by atoms with Gasteiger partial charge in [0.15, 0.2) is 0 Å². The minimum absolute atomic E-state index is 0. The second-order valence-corrected chi connectivity index (χ2v) is 5.42. The Balaban J connectivity index is 0.00000180. The van der Waals surface area contributed by atoms with Crippen molar-refractivity contribution >= 4 is 24.2 Å². The smallest absolute Gasteiger partial charge is 0.242 e. The molecule has 2 amide bonds. The first-order chi connectivity index (χ1) is 8.63. The van der Waals surface area contributed by atoms with E-state index < -0.39 is 0 Å². The molecule has 0 bridgehead atoms. The largest absolute Gasteiger partial charge is 0.357 e. The maximum Gasteiger partial charge on any atom is 0.242 e. The van der Waals surface area contributed by atoms with Gasteiger partial charge in [-0.15, -0.1) is 12.4 Å². The third kappa shape index (κ3) is 3.60. The minimum atomic E-state index is -0.264. The number of rotatable bonds is 3. The number of nitrogens with one attached hydrogen (secondary N) is 1. The first-order valence-electron chi connectivity index (χ1n) is 6.90. The predicted octanol–water partition coefficient (Wildman–Crippen LogP) is 0.663. The second kappa shape index (κ2) is 7.10. The van der Waals surface area contributed by atoms with Crippen LogP contribution in [0.3, 0.4) is 0 Å². The highest BCUT2D eigenvalue weighted by molar-refractivity contribution is 5.88. The van der Waals surface area contributed by atoms with Gasteiger partial charge >= 0.3 is 0 Å². The van der Waals surface area contributed by atoms with E-state index in [9.17, 15) is 9.59 Å². The van der Waals surface area contributed by atoms with E-state index in [2.05, 4.69) is 5.32 Å². The summed E-state index contributed by atoms with van der Waals surface area (Å²) < 4.78 is 0. The fourth-order valence-corrected chi connectivity index (χ4v) is 3.16. The molecule has 1 aliphatic carbocycles. The van der Waals surface area contributed by atoms with Gasteiger partial charge in [0.2, 0.25) is 11.8 Å². The number of nitrogens with zero attached hydrogens (tertiary/aromatic N) is 1. The van der Waals surface area contributed by atoms with E-state index in [0.717, 1.165) is 32.1 Å². The molecule has 1 saturated carbocycles. The quantitative estimate of drug-likeness (QED) is 0.801. The molecule has 0 aromatic rings. The molecule has 110 valence electrons. The summed E-state index contributed by atoms with van der Waals surface area (Å²) >= 11 is 0. The molecule has 1 aliphatic heterocycles. The molecule has 2 fully saturated rings. The molecule has 5 nitrogen and oxygen atoms in total. The van der Waals surface area contributed by atoms with Crippen LogP contribution in [-0.2, 0) is 9.59 Å². The molecule has 3 N–H and O–H groups in total. The first-order valence-corrected chi connectivity index (χ1v) is 6.90. The van der Waals surface area contributed by atoms with Gasteiger partial charge in [-0.25, -0.2) is 0 Å². The number of amides is 2. The topological polar surface area (TPSA) is 75.4 Å². The molecular weight excluding hydrogens is 266 g/mol. The number of likely N-dealkylation sites (tertiary alicyclic amines) is 1.